The largest absolute Gasteiger partial charge is 0.492 e. The summed E-state index contributed by atoms with van der Waals surface area (Å²) in [4.78, 5) is 44.3. The van der Waals surface area contributed by atoms with Gasteiger partial charge in [-0.15, -0.1) is 0 Å². The van der Waals surface area contributed by atoms with E-state index in [1.165, 1.54) is 40.6 Å². The van der Waals surface area contributed by atoms with Gasteiger partial charge in [-0.2, -0.15) is 5.10 Å². The number of pyridine rings is 1. The van der Waals surface area contributed by atoms with Crippen molar-refractivity contribution in [3.63, 3.8) is 0 Å². The lowest BCUT2D eigenvalue weighted by Crippen LogP contribution is -2.38. The number of hydrogen-bond acceptors (Lipinski definition) is 7. The number of carbonyl (C=O) groups excluding carboxylic acids is 2. The van der Waals surface area contributed by atoms with Crippen LogP contribution >= 0.6 is 0 Å². The molecule has 0 radical (unpaired) electrons. The van der Waals surface area contributed by atoms with Gasteiger partial charge >= 0.3 is 5.97 Å². The zero-order chi connectivity index (χ0) is 24.8. The Bertz CT molecular complexity index is 1220. The molecule has 10 nitrogen and oxygen atoms in total. The summed E-state index contributed by atoms with van der Waals surface area (Å²) in [5, 5.41) is 4.05. The van der Waals surface area contributed by atoms with E-state index in [9.17, 15) is 14.4 Å². The van der Waals surface area contributed by atoms with Crippen molar-refractivity contribution >= 4 is 11.9 Å². The van der Waals surface area contributed by atoms with E-state index in [0.717, 1.165) is 12.8 Å². The number of ether oxygens (including phenoxy) is 2. The van der Waals surface area contributed by atoms with Gasteiger partial charge in [-0.3, -0.25) is 9.59 Å². The van der Waals surface area contributed by atoms with Crippen molar-refractivity contribution < 1.29 is 19.1 Å². The number of aromatic nitrogens is 4. The number of carbonyl (C=O) groups is 2. The minimum absolute atomic E-state index is 0.131. The van der Waals surface area contributed by atoms with Gasteiger partial charge in [-0.05, 0) is 25.3 Å². The maximum atomic E-state index is 13.1. The van der Waals surface area contributed by atoms with Crippen LogP contribution in [-0.4, -0.2) is 62.9 Å². The molecule has 0 aliphatic carbocycles. The highest BCUT2D eigenvalue weighted by Gasteiger charge is 2.29. The number of aryl methyl sites for hydroxylation is 1. The van der Waals surface area contributed by atoms with E-state index in [2.05, 4.69) is 10.1 Å². The molecule has 3 heterocycles. The third-order valence-corrected chi connectivity index (χ3v) is 6.20. The normalized spacial score (nSPS) is 14.1. The highest BCUT2D eigenvalue weighted by molar-refractivity contribution is 5.93. The van der Waals surface area contributed by atoms with E-state index in [4.69, 9.17) is 9.47 Å². The van der Waals surface area contributed by atoms with E-state index in [1.807, 2.05) is 30.3 Å². The van der Waals surface area contributed by atoms with Gasteiger partial charge in [-0.1, -0.05) is 30.3 Å². The number of benzene rings is 1. The molecule has 1 atom stereocenters. The molecule has 0 saturated heterocycles. The molecule has 0 unspecified atom stereocenters. The Morgan fingerprint density at radius 2 is 1.94 bits per heavy atom. The summed E-state index contributed by atoms with van der Waals surface area (Å²) < 4.78 is 14.0. The Balaban J connectivity index is 1.52. The molecular formula is C25H29N5O5. The van der Waals surface area contributed by atoms with Crippen LogP contribution in [0.1, 0.15) is 41.0 Å². The predicted molar refractivity (Wildman–Crippen MR) is 127 cm³/mol. The molecule has 1 aliphatic heterocycles. The van der Waals surface area contributed by atoms with Crippen LogP contribution in [-0.2, 0) is 28.9 Å². The summed E-state index contributed by atoms with van der Waals surface area (Å²) in [7, 11) is 1.30. The van der Waals surface area contributed by atoms with Crippen LogP contribution in [0.4, 0.5) is 0 Å². The number of amides is 1. The Morgan fingerprint density at radius 3 is 2.66 bits per heavy atom. The van der Waals surface area contributed by atoms with Crippen molar-refractivity contribution in [2.45, 2.75) is 38.8 Å². The number of nitrogens with zero attached hydrogens (tertiary/aromatic N) is 5. The number of esters is 1. The number of methoxy groups -OCH3 is 1. The molecule has 184 valence electrons. The summed E-state index contributed by atoms with van der Waals surface area (Å²) in [6.07, 6.45) is 4.74. The molecule has 0 spiro atoms. The van der Waals surface area contributed by atoms with Gasteiger partial charge in [0.15, 0.2) is 0 Å². The Hall–Kier alpha value is -3.95. The minimum Gasteiger partial charge on any atom is -0.492 e. The molecule has 0 N–H and O–H groups in total. The third kappa shape index (κ3) is 5.42. The molecule has 10 heteroatoms. The van der Waals surface area contributed by atoms with Crippen molar-refractivity contribution in [3.8, 4) is 5.75 Å². The van der Waals surface area contributed by atoms with E-state index < -0.39 is 12.0 Å². The second-order valence-corrected chi connectivity index (χ2v) is 8.38. The van der Waals surface area contributed by atoms with Crippen LogP contribution in [0.25, 0.3) is 0 Å². The lowest BCUT2D eigenvalue weighted by molar-refractivity contribution is -0.134. The molecular weight excluding hydrogens is 450 g/mol. The molecule has 1 amide bonds. The van der Waals surface area contributed by atoms with Crippen molar-refractivity contribution in [2.75, 3.05) is 26.8 Å². The highest BCUT2D eigenvalue weighted by atomic mass is 16.5. The lowest BCUT2D eigenvalue weighted by atomic mass is 10.1. The zero-order valence-electron chi connectivity index (χ0n) is 19.9. The summed E-state index contributed by atoms with van der Waals surface area (Å²) in [5.41, 5.74) is 1.68. The minimum atomic E-state index is -0.567. The van der Waals surface area contributed by atoms with Gasteiger partial charge in [0, 0.05) is 37.8 Å². The summed E-state index contributed by atoms with van der Waals surface area (Å²) >= 11 is 0. The maximum absolute atomic E-state index is 13.1. The number of hydrogen-bond donors (Lipinski definition) is 0. The zero-order valence-corrected chi connectivity index (χ0v) is 19.9. The van der Waals surface area contributed by atoms with Gasteiger partial charge < -0.3 is 18.9 Å². The Labute approximate surface area is 203 Å². The summed E-state index contributed by atoms with van der Waals surface area (Å²) in [6.45, 7) is 3.05. The number of fused-ring (bicyclic) bond motifs is 1. The first-order chi connectivity index (χ1) is 17.0. The highest BCUT2D eigenvalue weighted by Crippen LogP contribution is 2.25. The molecule has 3 aromatic rings. The van der Waals surface area contributed by atoms with Crippen molar-refractivity contribution in [3.05, 3.63) is 76.2 Å². The van der Waals surface area contributed by atoms with Crippen LogP contribution < -0.4 is 10.3 Å². The molecule has 0 bridgehead atoms. The molecule has 0 fully saturated rings. The fraction of sp³-hybridized carbons (Fsp3) is 0.400. The van der Waals surface area contributed by atoms with Crippen molar-refractivity contribution in [1.82, 2.24) is 24.2 Å². The summed E-state index contributed by atoms with van der Waals surface area (Å²) in [5.74, 6) is -0.479. The Morgan fingerprint density at radius 1 is 1.14 bits per heavy atom. The van der Waals surface area contributed by atoms with Crippen molar-refractivity contribution in [1.29, 1.82) is 0 Å². The predicted octanol–water partition coefficient (Wildman–Crippen LogP) is 1.88. The third-order valence-electron chi connectivity index (χ3n) is 6.20. The molecule has 0 saturated carbocycles. The monoisotopic (exact) mass is 479 g/mol. The topological polar surface area (TPSA) is 109 Å². The van der Waals surface area contributed by atoms with Gasteiger partial charge in [0.25, 0.3) is 5.56 Å². The number of rotatable bonds is 8. The first kappa shape index (κ1) is 24.2. The van der Waals surface area contributed by atoms with Crippen LogP contribution in [0, 0.1) is 0 Å². The van der Waals surface area contributed by atoms with Gasteiger partial charge in [0.2, 0.25) is 5.91 Å². The van der Waals surface area contributed by atoms with E-state index in [-0.39, 0.29) is 29.3 Å². The maximum Gasteiger partial charge on any atom is 0.343 e. The van der Waals surface area contributed by atoms with Gasteiger partial charge in [0.05, 0.1) is 13.7 Å². The van der Waals surface area contributed by atoms with Gasteiger partial charge in [-0.25, -0.2) is 14.5 Å². The van der Waals surface area contributed by atoms with Crippen LogP contribution in [0.3, 0.4) is 0 Å². The van der Waals surface area contributed by atoms with Crippen LogP contribution in [0.5, 0.6) is 5.75 Å². The first-order valence-electron chi connectivity index (χ1n) is 11.6. The lowest BCUT2D eigenvalue weighted by Gasteiger charge is -2.23. The average Bonchev–Trinajstić information content (AvgIpc) is 3.33. The second-order valence-electron chi connectivity index (χ2n) is 8.38. The van der Waals surface area contributed by atoms with Crippen LogP contribution in [0.15, 0.2) is 53.8 Å². The smallest absolute Gasteiger partial charge is 0.343 e. The van der Waals surface area contributed by atoms with Gasteiger partial charge in [0.1, 0.15) is 30.0 Å². The van der Waals surface area contributed by atoms with E-state index in [0.29, 0.717) is 31.8 Å². The Kier molecular flexibility index (Phi) is 7.59. The molecule has 1 aliphatic rings. The quantitative estimate of drug-likeness (QED) is 0.359. The van der Waals surface area contributed by atoms with Crippen molar-refractivity contribution in [2.24, 2.45) is 0 Å². The van der Waals surface area contributed by atoms with E-state index in [1.54, 1.807) is 11.8 Å². The molecule has 2 aromatic heterocycles. The van der Waals surface area contributed by atoms with Crippen LogP contribution in [0.2, 0.25) is 0 Å². The molecule has 35 heavy (non-hydrogen) atoms. The molecule has 4 rings (SSSR count). The SMILES string of the molecule is COC(=O)c1c(OCCCc2ccccc2)cc(=O)n2c1CCN(C(=O)[C@@H](C)n1cncn1)CC2. The first-order valence-corrected chi connectivity index (χ1v) is 11.6. The average molecular weight is 480 g/mol. The van der Waals surface area contributed by atoms with E-state index >= 15 is 0 Å². The summed E-state index contributed by atoms with van der Waals surface area (Å²) in [6, 6.07) is 10.8. The standard InChI is InChI=1S/C25H29N5O5/c1-18(30-17-26-16-27-30)24(32)28-11-10-20-23(25(33)34-2)21(15-22(31)29(20)13-12-28)35-14-6-9-19-7-4-3-5-8-19/h3-5,7-8,15-18H,6,9-14H2,1-2H3/t18-/m1/s1. The molecule has 1 aromatic carbocycles. The second kappa shape index (κ2) is 11.0. The fourth-order valence-electron chi connectivity index (χ4n) is 4.30. The fourth-order valence-corrected chi connectivity index (χ4v) is 4.30.